The summed E-state index contributed by atoms with van der Waals surface area (Å²) in [6.07, 6.45) is 0. The highest BCUT2D eigenvalue weighted by molar-refractivity contribution is 7.80. The third-order valence-corrected chi connectivity index (χ3v) is 3.12. The second-order valence-electron chi connectivity index (χ2n) is 2.87. The molecule has 3 heteroatoms. The van der Waals surface area contributed by atoms with E-state index in [0.29, 0.717) is 5.56 Å². The maximum Gasteiger partial charge on any atom is 0.0998 e. The van der Waals surface area contributed by atoms with Gasteiger partial charge in [0.15, 0.2) is 0 Å². The van der Waals surface area contributed by atoms with Crippen molar-refractivity contribution in [2.45, 2.75) is 11.8 Å². The van der Waals surface area contributed by atoms with Gasteiger partial charge < -0.3 is 0 Å². The van der Waals surface area contributed by atoms with Crippen molar-refractivity contribution < 1.29 is 0 Å². The predicted octanol–water partition coefficient (Wildman–Crippen LogP) is 3.37. The Morgan fingerprint density at radius 1 is 1.38 bits per heavy atom. The molecule has 0 aliphatic rings. The van der Waals surface area contributed by atoms with Gasteiger partial charge in [0.05, 0.1) is 11.6 Å². The van der Waals surface area contributed by atoms with Gasteiger partial charge in [-0.1, -0.05) is 0 Å². The summed E-state index contributed by atoms with van der Waals surface area (Å²) in [5, 5.41) is 9.93. The number of thiophene rings is 1. The van der Waals surface area contributed by atoms with E-state index in [9.17, 15) is 0 Å². The molecule has 1 heterocycles. The molecule has 0 atom stereocenters. The van der Waals surface area contributed by atoms with Gasteiger partial charge >= 0.3 is 0 Å². The molecule has 0 aliphatic heterocycles. The molecular weight excluding hydrogens is 198 g/mol. The molecule has 0 unspecified atom stereocenters. The van der Waals surface area contributed by atoms with E-state index in [4.69, 9.17) is 5.26 Å². The van der Waals surface area contributed by atoms with Gasteiger partial charge in [-0.25, -0.2) is 0 Å². The van der Waals surface area contributed by atoms with Crippen LogP contribution in [0.2, 0.25) is 0 Å². The smallest absolute Gasteiger partial charge is 0.0998 e. The van der Waals surface area contributed by atoms with Gasteiger partial charge in [0.1, 0.15) is 0 Å². The van der Waals surface area contributed by atoms with Crippen LogP contribution in [0.4, 0.5) is 0 Å². The number of rotatable bonds is 0. The molecule has 64 valence electrons. The number of hydrogen-bond donors (Lipinski definition) is 1. The zero-order valence-electron chi connectivity index (χ0n) is 7.03. The van der Waals surface area contributed by atoms with Gasteiger partial charge in [0, 0.05) is 19.9 Å². The zero-order valence-corrected chi connectivity index (χ0v) is 8.75. The Bertz CT molecular complexity index is 505. The second-order valence-corrected chi connectivity index (χ2v) is 4.68. The van der Waals surface area contributed by atoms with Crippen molar-refractivity contribution in [2.75, 3.05) is 0 Å². The lowest BCUT2D eigenvalue weighted by molar-refractivity contribution is 1.46. The van der Waals surface area contributed by atoms with E-state index in [-0.39, 0.29) is 0 Å². The Kier molecular flexibility index (Phi) is 2.03. The summed E-state index contributed by atoms with van der Waals surface area (Å²) in [5.74, 6) is 0. The number of nitriles is 1. The van der Waals surface area contributed by atoms with Gasteiger partial charge in [-0.15, -0.1) is 24.0 Å². The van der Waals surface area contributed by atoms with Crippen LogP contribution in [0.1, 0.15) is 10.4 Å². The van der Waals surface area contributed by atoms with Crippen LogP contribution in [-0.2, 0) is 0 Å². The Morgan fingerprint density at radius 3 is 2.85 bits per heavy atom. The van der Waals surface area contributed by atoms with Crippen molar-refractivity contribution in [3.05, 3.63) is 28.6 Å². The highest BCUT2D eigenvalue weighted by Gasteiger charge is 2.04. The largest absolute Gasteiger partial charge is 0.192 e. The van der Waals surface area contributed by atoms with E-state index in [1.807, 2.05) is 19.1 Å². The molecule has 0 aliphatic carbocycles. The quantitative estimate of drug-likeness (QED) is 0.655. The minimum absolute atomic E-state index is 0.715. The molecule has 0 spiro atoms. The molecule has 1 aromatic carbocycles. The fraction of sp³-hybridized carbons (Fsp3) is 0.100. The molecule has 0 fully saturated rings. The summed E-state index contributed by atoms with van der Waals surface area (Å²) < 4.78 is 1.14. The Hall–Kier alpha value is -0.980. The van der Waals surface area contributed by atoms with Gasteiger partial charge in [-0.2, -0.15) is 5.26 Å². The van der Waals surface area contributed by atoms with Gasteiger partial charge in [0.2, 0.25) is 0 Å². The molecule has 2 rings (SSSR count). The average molecular weight is 205 g/mol. The van der Waals surface area contributed by atoms with Crippen molar-refractivity contribution in [1.29, 1.82) is 5.26 Å². The maximum atomic E-state index is 8.89. The Labute approximate surface area is 86.0 Å². The summed E-state index contributed by atoms with van der Waals surface area (Å²) in [5.41, 5.74) is 0.715. The Balaban J connectivity index is 2.90. The van der Waals surface area contributed by atoms with Crippen molar-refractivity contribution in [3.8, 4) is 6.07 Å². The third kappa shape index (κ3) is 1.43. The molecule has 1 nitrogen and oxygen atoms in total. The normalized spacial score (nSPS) is 10.2. The minimum atomic E-state index is 0.715. The summed E-state index contributed by atoms with van der Waals surface area (Å²) in [6.45, 7) is 2.05. The molecule has 0 N–H and O–H groups in total. The highest BCUT2D eigenvalue weighted by atomic mass is 32.1. The maximum absolute atomic E-state index is 8.89. The van der Waals surface area contributed by atoms with E-state index < -0.39 is 0 Å². The van der Waals surface area contributed by atoms with Crippen LogP contribution in [0.5, 0.6) is 0 Å². The van der Waals surface area contributed by atoms with Crippen LogP contribution in [0, 0.1) is 18.3 Å². The lowest BCUT2D eigenvalue weighted by Crippen LogP contribution is -1.75. The van der Waals surface area contributed by atoms with Crippen LogP contribution in [0.3, 0.4) is 0 Å². The third-order valence-electron chi connectivity index (χ3n) is 1.87. The minimum Gasteiger partial charge on any atom is -0.192 e. The molecule has 0 saturated heterocycles. The van der Waals surface area contributed by atoms with E-state index in [2.05, 4.69) is 18.7 Å². The lowest BCUT2D eigenvalue weighted by Gasteiger charge is -1.94. The number of hydrogen-bond acceptors (Lipinski definition) is 3. The average Bonchev–Trinajstić information content (AvgIpc) is 2.43. The molecule has 0 amide bonds. The second kappa shape index (κ2) is 3.06. The molecule has 1 aromatic heterocycles. The van der Waals surface area contributed by atoms with E-state index in [1.54, 1.807) is 17.4 Å². The van der Waals surface area contributed by atoms with Crippen LogP contribution in [0.25, 0.3) is 10.1 Å². The van der Waals surface area contributed by atoms with Gasteiger partial charge in [0.25, 0.3) is 0 Å². The zero-order chi connectivity index (χ0) is 9.42. The fourth-order valence-electron chi connectivity index (χ4n) is 1.34. The number of thiol groups is 1. The predicted molar refractivity (Wildman–Crippen MR) is 58.5 cm³/mol. The van der Waals surface area contributed by atoms with Crippen LogP contribution in [-0.4, -0.2) is 0 Å². The van der Waals surface area contributed by atoms with Crippen LogP contribution < -0.4 is 0 Å². The summed E-state index contributed by atoms with van der Waals surface area (Å²) in [4.78, 5) is 2.08. The first-order valence-electron chi connectivity index (χ1n) is 3.84. The molecule has 0 saturated carbocycles. The first-order valence-corrected chi connectivity index (χ1v) is 5.10. The lowest BCUT2D eigenvalue weighted by atomic mass is 10.1. The molecule has 0 bridgehead atoms. The van der Waals surface area contributed by atoms with Crippen molar-refractivity contribution in [1.82, 2.24) is 0 Å². The summed E-state index contributed by atoms with van der Waals surface area (Å²) in [6, 6.07) is 8.03. The standard InChI is InChI=1S/C10H7NS2/c1-6-2-9-7(5-11)3-8(12)4-10(9)13-6/h2-4,12H,1H3. The van der Waals surface area contributed by atoms with Crippen LogP contribution >= 0.6 is 24.0 Å². The van der Waals surface area contributed by atoms with E-state index >= 15 is 0 Å². The highest BCUT2D eigenvalue weighted by Crippen LogP contribution is 2.29. The molecule has 0 radical (unpaired) electrons. The first-order chi connectivity index (χ1) is 6.20. The first kappa shape index (κ1) is 8.61. The summed E-state index contributed by atoms with van der Waals surface area (Å²) >= 11 is 5.94. The molecule has 13 heavy (non-hydrogen) atoms. The van der Waals surface area contributed by atoms with Crippen molar-refractivity contribution in [3.63, 3.8) is 0 Å². The monoisotopic (exact) mass is 205 g/mol. The summed E-state index contributed by atoms with van der Waals surface area (Å²) in [7, 11) is 0. The van der Waals surface area contributed by atoms with E-state index in [0.717, 1.165) is 15.0 Å². The van der Waals surface area contributed by atoms with Gasteiger partial charge in [-0.05, 0) is 25.1 Å². The topological polar surface area (TPSA) is 23.8 Å². The fourth-order valence-corrected chi connectivity index (χ4v) is 2.68. The number of aryl methyl sites for hydroxylation is 1. The number of benzene rings is 1. The molecular formula is C10H7NS2. The number of fused-ring (bicyclic) bond motifs is 1. The molecule has 2 aromatic rings. The van der Waals surface area contributed by atoms with Crippen molar-refractivity contribution in [2.24, 2.45) is 0 Å². The van der Waals surface area contributed by atoms with Crippen molar-refractivity contribution >= 4 is 34.1 Å². The van der Waals surface area contributed by atoms with Gasteiger partial charge in [-0.3, -0.25) is 0 Å². The van der Waals surface area contributed by atoms with E-state index in [1.165, 1.54) is 4.88 Å². The Morgan fingerprint density at radius 2 is 2.15 bits per heavy atom. The van der Waals surface area contributed by atoms with Crippen LogP contribution in [0.15, 0.2) is 23.1 Å². The SMILES string of the molecule is Cc1cc2c(C#N)cc(S)cc2s1. The number of nitrogens with zero attached hydrogens (tertiary/aromatic N) is 1.